The molecule has 0 spiro atoms. The summed E-state index contributed by atoms with van der Waals surface area (Å²) in [7, 11) is -7.01. The Balaban J connectivity index is 2.70. The van der Waals surface area contributed by atoms with Gasteiger partial charge >= 0.3 is 17.9 Å². The van der Waals surface area contributed by atoms with Crippen molar-refractivity contribution in [2.24, 2.45) is 22.7 Å². The van der Waals surface area contributed by atoms with E-state index in [9.17, 15) is 19.5 Å². The molecule has 0 aromatic carbocycles. The smallest absolute Gasteiger partial charge is 0.303 e. The molecule has 0 unspecified atom stereocenters. The molecule has 2 fully saturated rings. The van der Waals surface area contributed by atoms with Crippen molar-refractivity contribution in [1.82, 2.24) is 0 Å². The Morgan fingerprint density at radius 3 is 1.49 bits per heavy atom. The molecule has 10 nitrogen and oxygen atoms in total. The highest BCUT2D eigenvalue weighted by atomic mass is 28.4. The molecule has 0 radical (unpaired) electrons. The largest absolute Gasteiger partial charge is 0.462 e. The predicted molar refractivity (Wildman–Crippen MR) is 234 cm³/mol. The van der Waals surface area contributed by atoms with Crippen molar-refractivity contribution in [2.45, 2.75) is 227 Å². The first-order valence-electron chi connectivity index (χ1n) is 22.5. The van der Waals surface area contributed by atoms with Crippen molar-refractivity contribution in [1.29, 1.82) is 0 Å². The van der Waals surface area contributed by atoms with Gasteiger partial charge in [-0.3, -0.25) is 14.4 Å². The van der Waals surface area contributed by atoms with Crippen molar-refractivity contribution in [3.8, 4) is 0 Å². The highest BCUT2D eigenvalue weighted by Gasteiger charge is 2.74. The summed E-state index contributed by atoms with van der Waals surface area (Å²) in [4.78, 5) is 40.7. The second-order valence-corrected chi connectivity index (χ2v) is 32.7. The second kappa shape index (κ2) is 19.1. The van der Waals surface area contributed by atoms with Crippen molar-refractivity contribution in [3.05, 3.63) is 11.1 Å². The highest BCUT2D eigenvalue weighted by Crippen LogP contribution is 2.67. The molecule has 3 aliphatic carbocycles. The number of aliphatic hydroxyl groups is 1. The molecule has 0 bridgehead atoms. The van der Waals surface area contributed by atoms with Crippen LogP contribution >= 0.6 is 0 Å². The van der Waals surface area contributed by atoms with E-state index < -0.39 is 89.6 Å². The third-order valence-corrected chi connectivity index (χ3v) is 29.8. The number of ether oxygens (including phenoxy) is 3. The number of fused-ring (bicyclic) bond motifs is 2. The number of carbonyl (C=O) groups excluding carboxylic acids is 3. The normalized spacial score (nSPS) is 32.3. The lowest BCUT2D eigenvalue weighted by Gasteiger charge is -2.58. The van der Waals surface area contributed by atoms with Gasteiger partial charge < -0.3 is 32.6 Å². The maximum atomic E-state index is 13.8. The van der Waals surface area contributed by atoms with Crippen LogP contribution in [0.2, 0.25) is 54.4 Å². The maximum absolute atomic E-state index is 13.8. The molecule has 330 valence electrons. The van der Waals surface area contributed by atoms with Crippen molar-refractivity contribution >= 4 is 42.9 Å². The molecule has 0 saturated heterocycles. The molecule has 13 heteroatoms. The number of hydrogen-bond acceptors (Lipinski definition) is 10. The van der Waals surface area contributed by atoms with Crippen molar-refractivity contribution in [2.75, 3.05) is 0 Å². The summed E-state index contributed by atoms with van der Waals surface area (Å²) < 4.78 is 42.5. The van der Waals surface area contributed by atoms with Gasteiger partial charge in [0, 0.05) is 33.1 Å². The lowest BCUT2D eigenvalue weighted by molar-refractivity contribution is -0.237. The summed E-state index contributed by atoms with van der Waals surface area (Å²) in [6.07, 6.45) is -3.55. The van der Waals surface area contributed by atoms with E-state index in [0.717, 1.165) is 65.5 Å². The van der Waals surface area contributed by atoms with Gasteiger partial charge in [0.05, 0.1) is 28.6 Å². The summed E-state index contributed by atoms with van der Waals surface area (Å²) in [6, 6.07) is 8.08. The second-order valence-electron chi connectivity index (χ2n) is 18.5. The van der Waals surface area contributed by atoms with Crippen LogP contribution in [0, 0.1) is 22.7 Å². The van der Waals surface area contributed by atoms with E-state index in [2.05, 4.69) is 76.2 Å². The third kappa shape index (κ3) is 9.15. The van der Waals surface area contributed by atoms with Crippen LogP contribution in [0.3, 0.4) is 0 Å². The molecule has 0 aromatic rings. The highest BCUT2D eigenvalue weighted by molar-refractivity contribution is 6.74. The topological polar surface area (TPSA) is 127 Å². The molecule has 57 heavy (non-hydrogen) atoms. The van der Waals surface area contributed by atoms with Gasteiger partial charge in [-0.25, -0.2) is 0 Å². The Morgan fingerprint density at radius 2 is 1.09 bits per heavy atom. The van der Waals surface area contributed by atoms with E-state index in [-0.39, 0.29) is 18.1 Å². The first-order valence-corrected chi connectivity index (χ1v) is 30.1. The van der Waals surface area contributed by atoms with Gasteiger partial charge in [-0.05, 0) is 98.7 Å². The zero-order chi connectivity index (χ0) is 43.5. The number of esters is 3. The van der Waals surface area contributed by atoms with E-state index in [1.165, 1.54) is 20.8 Å². The van der Waals surface area contributed by atoms with Gasteiger partial charge in [-0.2, -0.15) is 0 Å². The Bertz CT molecular complexity index is 1410. The van der Waals surface area contributed by atoms with Crippen LogP contribution in [-0.4, -0.2) is 90.2 Å². The summed E-state index contributed by atoms with van der Waals surface area (Å²) in [5.74, 6) is -2.30. The summed E-state index contributed by atoms with van der Waals surface area (Å²) >= 11 is 0. The number of rotatable bonds is 19. The summed E-state index contributed by atoms with van der Waals surface area (Å²) in [6.45, 7) is 34.0. The molecular formula is C44H82O10Si3. The Kier molecular flexibility index (Phi) is 16.8. The van der Waals surface area contributed by atoms with Crippen LogP contribution in [0.4, 0.5) is 0 Å². The van der Waals surface area contributed by atoms with Crippen molar-refractivity contribution < 1.29 is 47.0 Å². The monoisotopic (exact) mass is 855 g/mol. The molecule has 2 saturated carbocycles. The van der Waals surface area contributed by atoms with Crippen LogP contribution in [0.5, 0.6) is 0 Å². The molecule has 3 rings (SSSR count). The fourth-order valence-corrected chi connectivity index (χ4v) is 20.2. The van der Waals surface area contributed by atoms with Crippen LogP contribution in [0.25, 0.3) is 0 Å². The lowest BCUT2D eigenvalue weighted by atomic mass is 9.52. The van der Waals surface area contributed by atoms with Gasteiger partial charge in [0.25, 0.3) is 0 Å². The Hall–Kier alpha value is -1.36. The average molecular weight is 855 g/mol. The third-order valence-electron chi connectivity index (χ3n) is 15.8. The SMILES string of the molecule is CC[Si](CC)(CC)O[C@H]1C[C@]2(C(C)(C)O)C(=C1C)[C@@H](O[Si](CC)(CC)CC)[C@H](OC(C)=O)[C@@]1(C)[C@@H]([C@H](C)[C@@H](O[Si](CC)(CC)CC)C[C@@H]1OC(C)=O)[C@@H]2OC(C)=O. The molecule has 0 heterocycles. The van der Waals surface area contributed by atoms with E-state index in [1.807, 2.05) is 20.8 Å². The molecule has 0 aliphatic heterocycles. The van der Waals surface area contributed by atoms with E-state index in [4.69, 9.17) is 27.5 Å². The Labute approximate surface area is 349 Å². The first kappa shape index (κ1) is 50.0. The minimum absolute atomic E-state index is 0.277. The van der Waals surface area contributed by atoms with Gasteiger partial charge in [-0.15, -0.1) is 0 Å². The summed E-state index contributed by atoms with van der Waals surface area (Å²) in [5.41, 5.74) is -2.13. The zero-order valence-electron chi connectivity index (χ0n) is 39.0. The van der Waals surface area contributed by atoms with E-state index in [1.54, 1.807) is 0 Å². The standard InChI is InChI=1S/C44H82O10Si3/c1-18-55(19-2,20-3)52-34-27-36(49-31(12)45)43(17)38(29(34)10)40(50-32(13)46)44(42(15,16)48)28-35(53-56(21-4,22-5)23-6)30(11)37(44)39(41(43)51-33(14)47)54-57(24-7,25-8)26-9/h29,34-36,38-41,48H,18-28H2,1-17H3/t29-,34+,35+,36+,38+,39-,40+,41+,43-,44+/m1/s1. The molecule has 10 atom stereocenters. The maximum Gasteiger partial charge on any atom is 0.303 e. The van der Waals surface area contributed by atoms with Crippen molar-refractivity contribution in [3.63, 3.8) is 0 Å². The van der Waals surface area contributed by atoms with E-state index in [0.29, 0.717) is 12.8 Å². The van der Waals surface area contributed by atoms with Crippen LogP contribution in [0.1, 0.15) is 131 Å². The number of carbonyl (C=O) groups is 3. The zero-order valence-corrected chi connectivity index (χ0v) is 42.0. The van der Waals surface area contributed by atoms with Gasteiger partial charge in [0.2, 0.25) is 0 Å². The molecule has 0 amide bonds. The Morgan fingerprint density at radius 1 is 0.684 bits per heavy atom. The summed E-state index contributed by atoms with van der Waals surface area (Å²) in [5, 5.41) is 13.1. The fourth-order valence-electron chi connectivity index (χ4n) is 11.6. The molecule has 1 N–H and O–H groups in total. The molecule has 0 aromatic heterocycles. The first-order chi connectivity index (χ1) is 26.5. The van der Waals surface area contributed by atoms with Crippen LogP contribution < -0.4 is 0 Å². The minimum Gasteiger partial charge on any atom is -0.462 e. The van der Waals surface area contributed by atoms with Crippen LogP contribution in [0.15, 0.2) is 11.1 Å². The average Bonchev–Trinajstić information content (AvgIpc) is 3.42. The van der Waals surface area contributed by atoms with Gasteiger partial charge in [0.1, 0.15) is 24.4 Å². The molecule has 3 aliphatic rings. The van der Waals surface area contributed by atoms with E-state index >= 15 is 0 Å². The number of hydrogen-bond donors (Lipinski definition) is 1. The fraction of sp³-hybridized carbons (Fsp3) is 0.886. The van der Waals surface area contributed by atoms with Gasteiger partial charge in [0.15, 0.2) is 25.0 Å². The lowest BCUT2D eigenvalue weighted by Crippen LogP contribution is -2.66. The van der Waals surface area contributed by atoms with Crippen LogP contribution in [-0.2, 0) is 41.9 Å². The predicted octanol–water partition coefficient (Wildman–Crippen LogP) is 10.1. The molecular weight excluding hydrogens is 773 g/mol. The minimum atomic E-state index is -2.54. The quantitative estimate of drug-likeness (QED) is 0.0581. The van der Waals surface area contributed by atoms with Gasteiger partial charge in [-0.1, -0.05) is 76.2 Å².